The molecule has 2 nitrogen and oxygen atoms in total. The van der Waals surface area contributed by atoms with E-state index in [2.05, 4.69) is 0 Å². The van der Waals surface area contributed by atoms with Crippen LogP contribution in [0.2, 0.25) is 0 Å². The number of carbonyl (C=O) groups is 1. The maximum atomic E-state index is 11.0. The summed E-state index contributed by atoms with van der Waals surface area (Å²) in [6, 6.07) is 10.0. The van der Waals surface area contributed by atoms with Crippen molar-refractivity contribution >= 4 is 17.7 Å². The van der Waals surface area contributed by atoms with Crippen molar-refractivity contribution in [2.75, 3.05) is 5.75 Å². The first kappa shape index (κ1) is 11.1. The van der Waals surface area contributed by atoms with E-state index >= 15 is 0 Å². The molecule has 0 radical (unpaired) electrons. The van der Waals surface area contributed by atoms with Crippen LogP contribution in [0.25, 0.3) is 0 Å². The van der Waals surface area contributed by atoms with Crippen LogP contribution in [0.5, 0.6) is 0 Å². The molecule has 0 heterocycles. The monoisotopic (exact) mass is 209 g/mol. The second-order valence-corrected chi connectivity index (χ2v) is 4.23. The molecule has 0 aromatic heterocycles. The van der Waals surface area contributed by atoms with Crippen LogP contribution in [0, 0.1) is 5.92 Å². The summed E-state index contributed by atoms with van der Waals surface area (Å²) in [7, 11) is 0. The Kier molecular flexibility index (Phi) is 4.53. The van der Waals surface area contributed by atoms with E-state index in [1.54, 1.807) is 11.8 Å². The van der Waals surface area contributed by atoms with E-state index < -0.39 is 0 Å². The van der Waals surface area contributed by atoms with Gasteiger partial charge in [-0.25, -0.2) is 0 Å². The van der Waals surface area contributed by atoms with Crippen molar-refractivity contribution in [3.05, 3.63) is 30.3 Å². The maximum Gasteiger partial charge on any atom is 0.221 e. The lowest BCUT2D eigenvalue weighted by Gasteiger charge is -2.09. The Morgan fingerprint density at radius 1 is 1.43 bits per heavy atom. The van der Waals surface area contributed by atoms with Gasteiger partial charge in [0, 0.05) is 16.6 Å². The number of hydrogen-bond acceptors (Lipinski definition) is 2. The van der Waals surface area contributed by atoms with Gasteiger partial charge in [-0.15, -0.1) is 11.8 Å². The van der Waals surface area contributed by atoms with E-state index in [1.807, 2.05) is 37.3 Å². The molecule has 1 amide bonds. The van der Waals surface area contributed by atoms with Crippen molar-refractivity contribution in [2.24, 2.45) is 11.7 Å². The van der Waals surface area contributed by atoms with Crippen LogP contribution < -0.4 is 5.73 Å². The molecule has 3 heteroatoms. The molecule has 0 aliphatic carbocycles. The third-order valence-corrected chi connectivity index (χ3v) is 3.26. The van der Waals surface area contributed by atoms with Crippen LogP contribution in [0.1, 0.15) is 13.3 Å². The van der Waals surface area contributed by atoms with Crippen molar-refractivity contribution in [2.45, 2.75) is 18.2 Å². The van der Waals surface area contributed by atoms with Gasteiger partial charge in [0.2, 0.25) is 5.91 Å². The quantitative estimate of drug-likeness (QED) is 0.756. The minimum atomic E-state index is -0.198. The van der Waals surface area contributed by atoms with Gasteiger partial charge in [-0.3, -0.25) is 4.79 Å². The summed E-state index contributed by atoms with van der Waals surface area (Å²) in [6.45, 7) is 1.99. The predicted molar refractivity (Wildman–Crippen MR) is 60.1 cm³/mol. The van der Waals surface area contributed by atoms with Crippen LogP contribution in [0.15, 0.2) is 35.2 Å². The van der Waals surface area contributed by atoms with Gasteiger partial charge in [0.15, 0.2) is 0 Å². The lowest BCUT2D eigenvalue weighted by atomic mass is 10.1. The molecule has 1 aromatic carbocycles. The third-order valence-electron chi connectivity index (χ3n) is 2.09. The number of hydrogen-bond donors (Lipinski definition) is 1. The molecule has 0 saturated carbocycles. The molecule has 1 rings (SSSR count). The average molecular weight is 209 g/mol. The molecule has 2 N–H and O–H groups in total. The fourth-order valence-electron chi connectivity index (χ4n) is 1.11. The summed E-state index contributed by atoms with van der Waals surface area (Å²) in [6.07, 6.45) is 0.815. The number of carbonyl (C=O) groups excluding carboxylic acids is 1. The summed E-state index contributed by atoms with van der Waals surface area (Å²) >= 11 is 1.68. The Hall–Kier alpha value is -0.960. The Balaban J connectivity index is 2.44. The smallest absolute Gasteiger partial charge is 0.221 e. The van der Waals surface area contributed by atoms with Crippen molar-refractivity contribution in [3.8, 4) is 0 Å². The number of rotatable bonds is 5. The molecule has 0 saturated heterocycles. The molecule has 14 heavy (non-hydrogen) atoms. The zero-order valence-corrected chi connectivity index (χ0v) is 9.09. The van der Waals surface area contributed by atoms with Crippen molar-refractivity contribution in [3.63, 3.8) is 0 Å². The zero-order valence-electron chi connectivity index (χ0n) is 8.27. The van der Waals surface area contributed by atoms with Gasteiger partial charge in [-0.05, 0) is 18.6 Å². The normalized spacial score (nSPS) is 12.4. The van der Waals surface area contributed by atoms with E-state index in [0.29, 0.717) is 0 Å². The van der Waals surface area contributed by atoms with Crippen molar-refractivity contribution < 1.29 is 4.79 Å². The van der Waals surface area contributed by atoms with Crippen LogP contribution in [0.4, 0.5) is 0 Å². The van der Waals surface area contributed by atoms with Gasteiger partial charge in [-0.1, -0.05) is 25.1 Å². The highest BCUT2D eigenvalue weighted by atomic mass is 32.2. The fraction of sp³-hybridized carbons (Fsp3) is 0.364. The van der Waals surface area contributed by atoms with Gasteiger partial charge < -0.3 is 5.73 Å². The molecule has 76 valence electrons. The first-order chi connectivity index (χ1) is 6.74. The predicted octanol–water partition coefficient (Wildman–Crippen LogP) is 2.29. The highest BCUT2D eigenvalue weighted by Crippen LogP contribution is 2.21. The van der Waals surface area contributed by atoms with Crippen LogP contribution in [-0.2, 0) is 4.79 Å². The van der Waals surface area contributed by atoms with Gasteiger partial charge >= 0.3 is 0 Å². The van der Waals surface area contributed by atoms with Gasteiger partial charge in [-0.2, -0.15) is 0 Å². The van der Waals surface area contributed by atoms with Crippen LogP contribution in [0.3, 0.4) is 0 Å². The molecule has 1 aromatic rings. The number of primary amides is 1. The van der Waals surface area contributed by atoms with Gasteiger partial charge in [0.1, 0.15) is 0 Å². The summed E-state index contributed by atoms with van der Waals surface area (Å²) < 4.78 is 0. The van der Waals surface area contributed by atoms with E-state index in [-0.39, 0.29) is 11.8 Å². The third kappa shape index (κ3) is 3.42. The number of amides is 1. The first-order valence-electron chi connectivity index (χ1n) is 4.71. The summed E-state index contributed by atoms with van der Waals surface area (Å²) in [5, 5.41) is 0. The lowest BCUT2D eigenvalue weighted by Crippen LogP contribution is -2.24. The minimum absolute atomic E-state index is 0.0137. The Morgan fingerprint density at radius 3 is 2.57 bits per heavy atom. The summed E-state index contributed by atoms with van der Waals surface area (Å²) in [5.74, 6) is 0.562. The number of thioether (sulfide) groups is 1. The Morgan fingerprint density at radius 2 is 2.07 bits per heavy atom. The first-order valence-corrected chi connectivity index (χ1v) is 5.69. The van der Waals surface area contributed by atoms with Crippen molar-refractivity contribution in [1.82, 2.24) is 0 Å². The van der Waals surface area contributed by atoms with Gasteiger partial charge in [0.25, 0.3) is 0 Å². The molecular formula is C11H15NOS. The SMILES string of the molecule is CC[C@@H](CSc1ccccc1)C(N)=O. The number of nitrogens with two attached hydrogens (primary N) is 1. The summed E-state index contributed by atoms with van der Waals surface area (Å²) in [5.41, 5.74) is 5.26. The van der Waals surface area contributed by atoms with E-state index in [4.69, 9.17) is 5.73 Å². The standard InChI is InChI=1S/C11H15NOS/c1-2-9(11(12)13)8-14-10-6-4-3-5-7-10/h3-7,9H,2,8H2,1H3,(H2,12,13)/t9-/m0/s1. The molecule has 0 bridgehead atoms. The Bertz CT molecular complexity index is 287. The fourth-order valence-corrected chi connectivity index (χ4v) is 2.26. The molecule has 0 aliphatic rings. The largest absolute Gasteiger partial charge is 0.369 e. The average Bonchev–Trinajstić information content (AvgIpc) is 2.20. The molecule has 0 spiro atoms. The maximum absolute atomic E-state index is 11.0. The highest BCUT2D eigenvalue weighted by molar-refractivity contribution is 7.99. The lowest BCUT2D eigenvalue weighted by molar-refractivity contribution is -0.121. The molecule has 0 unspecified atom stereocenters. The second-order valence-electron chi connectivity index (χ2n) is 3.13. The van der Waals surface area contributed by atoms with Gasteiger partial charge in [0.05, 0.1) is 0 Å². The Labute approximate surface area is 88.9 Å². The molecular weight excluding hydrogens is 194 g/mol. The molecule has 0 aliphatic heterocycles. The second kappa shape index (κ2) is 5.70. The van der Waals surface area contributed by atoms with E-state index in [0.717, 1.165) is 12.2 Å². The minimum Gasteiger partial charge on any atom is -0.369 e. The number of benzene rings is 1. The zero-order chi connectivity index (χ0) is 10.4. The molecule has 1 atom stereocenters. The van der Waals surface area contributed by atoms with Crippen molar-refractivity contribution in [1.29, 1.82) is 0 Å². The highest BCUT2D eigenvalue weighted by Gasteiger charge is 2.12. The van der Waals surface area contributed by atoms with E-state index in [9.17, 15) is 4.79 Å². The van der Waals surface area contributed by atoms with Crippen LogP contribution >= 0.6 is 11.8 Å². The van der Waals surface area contributed by atoms with Crippen LogP contribution in [-0.4, -0.2) is 11.7 Å². The topological polar surface area (TPSA) is 43.1 Å². The summed E-state index contributed by atoms with van der Waals surface area (Å²) in [4.78, 5) is 12.1. The molecule has 0 fully saturated rings. The van der Waals surface area contributed by atoms with E-state index in [1.165, 1.54) is 4.90 Å².